The average molecular weight is 1200 g/mol. The van der Waals surface area contributed by atoms with E-state index in [2.05, 4.69) is 52.8 Å². The summed E-state index contributed by atoms with van der Waals surface area (Å²) in [5.41, 5.74) is 27.5. The molecule has 83 heavy (non-hydrogen) atoms. The number of carbonyl (C=O) groups excluding carboxylic acids is 12. The van der Waals surface area contributed by atoms with E-state index in [1.165, 1.54) is 11.8 Å². The van der Waals surface area contributed by atoms with Crippen molar-refractivity contribution in [2.24, 2.45) is 51.4 Å². The molecule has 2 aliphatic heterocycles. The third-order valence-corrected chi connectivity index (χ3v) is 14.1. The number of aliphatic imine (C=N–C) groups is 1. The van der Waals surface area contributed by atoms with Crippen molar-refractivity contribution in [3.8, 4) is 0 Å². The number of rotatable bonds is 38. The van der Waals surface area contributed by atoms with E-state index in [-0.39, 0.29) is 81.7 Å². The lowest BCUT2D eigenvalue weighted by atomic mass is 9.99. The summed E-state index contributed by atoms with van der Waals surface area (Å²) in [7, 11) is 0. The van der Waals surface area contributed by atoms with Crippen LogP contribution >= 0.6 is 11.8 Å². The monoisotopic (exact) mass is 1190 g/mol. The Labute approximate surface area is 488 Å². The number of nitrogens with two attached hydrogens (primary N) is 5. The predicted molar refractivity (Wildman–Crippen MR) is 306 cm³/mol. The lowest BCUT2D eigenvalue weighted by molar-refractivity contribution is -0.142. The molecule has 0 bridgehead atoms. The number of nitrogens with one attached hydrogen (secondary N) is 9. The molecule has 2 rings (SSSR count). The van der Waals surface area contributed by atoms with Crippen LogP contribution < -0.4 is 76.5 Å². The molecule has 0 aromatic rings. The molecule has 0 saturated carbocycles. The van der Waals surface area contributed by atoms with Crippen LogP contribution in [0, 0.1) is 17.8 Å². The van der Waals surface area contributed by atoms with Gasteiger partial charge in [-0.05, 0) is 107 Å². The Morgan fingerprint density at radius 3 is 1.39 bits per heavy atom. The maximum Gasteiger partial charge on any atom is 0.303 e. The van der Waals surface area contributed by atoms with Crippen LogP contribution in [0.15, 0.2) is 4.99 Å². The summed E-state index contributed by atoms with van der Waals surface area (Å²) >= 11 is 1.35. The Morgan fingerprint density at radius 1 is 0.554 bits per heavy atom. The first kappa shape index (κ1) is 71.8. The molecule has 0 unspecified atom stereocenters. The van der Waals surface area contributed by atoms with Crippen LogP contribution in [0.4, 0.5) is 0 Å². The normalized spacial score (nSPS) is 17.7. The lowest BCUT2D eigenvalue weighted by Gasteiger charge is -2.30. The Kier molecular flexibility index (Phi) is 31.4. The van der Waals surface area contributed by atoms with Gasteiger partial charge in [-0.25, -0.2) is 0 Å². The Bertz CT molecular complexity index is 2310. The molecule has 20 N–H and O–H groups in total. The van der Waals surface area contributed by atoms with Crippen LogP contribution in [0.2, 0.25) is 0 Å². The summed E-state index contributed by atoms with van der Waals surface area (Å²) in [6.45, 7) is 11.2. The van der Waals surface area contributed by atoms with Crippen LogP contribution in [-0.2, 0) is 62.3 Å². The van der Waals surface area contributed by atoms with Crippen LogP contribution in [0.5, 0.6) is 0 Å². The molecule has 468 valence electrons. The molecule has 2 heterocycles. The summed E-state index contributed by atoms with van der Waals surface area (Å²) in [5, 5.41) is 33.1. The van der Waals surface area contributed by atoms with Crippen molar-refractivity contribution in [2.45, 2.75) is 192 Å². The predicted octanol–water partition coefficient (Wildman–Crippen LogP) is -4.35. The Balaban J connectivity index is 2.46. The summed E-state index contributed by atoms with van der Waals surface area (Å²) in [6.07, 6.45) is 1.31. The molecule has 0 spiro atoms. The third-order valence-electron chi connectivity index (χ3n) is 13.4. The lowest BCUT2D eigenvalue weighted by Crippen LogP contribution is -2.61. The molecule has 2 fully saturated rings. The molecule has 31 heteroatoms. The Hall–Kier alpha value is -7.31. The smallest absolute Gasteiger partial charge is 0.303 e. The van der Waals surface area contributed by atoms with Gasteiger partial charge >= 0.3 is 5.97 Å². The fourth-order valence-electron chi connectivity index (χ4n) is 9.35. The zero-order valence-corrected chi connectivity index (χ0v) is 49.5. The first-order chi connectivity index (χ1) is 38.9. The van der Waals surface area contributed by atoms with Crippen molar-refractivity contribution < 1.29 is 67.4 Å². The fourth-order valence-corrected chi connectivity index (χ4v) is 9.82. The van der Waals surface area contributed by atoms with Gasteiger partial charge in [0.25, 0.3) is 0 Å². The standard InChI is InChI=1S/C52H90N16O14S/c1-26(2)21-33(65-50(81)37(25-40(54)70)66-43(74)29-11-8-17-58-29)46(77)61-31(16-20-83-7)45(76)60-30(12-9-18-59-52(56)57)44(75)63-34(22-27(3)4)47(78)64-35(23-28(5)6)48(79)67-36(24-39(53)69)49(80)62-32(14-15-41(71)72)51(82)68-19-10-13-38(68)42(55)73/h26-38,58H,8-25H2,1-7H3,(H2,53,69)(H2,54,70)(H2,55,73)(H,60,76)(H,61,77)(H,62,80)(H,63,75)(H,64,78)(H,65,81)(H,66,74)(H,67,79)(H,71,72)(H4,56,57,59)/t29-,30-,31-,32-,33-,34-,35-,36-,37-,38-/m0/s1. The van der Waals surface area contributed by atoms with E-state index in [0.717, 1.165) is 11.3 Å². The summed E-state index contributed by atoms with van der Waals surface area (Å²) in [5.74, 6) is -12.3. The van der Waals surface area contributed by atoms with Crippen LogP contribution in [-0.4, -0.2) is 185 Å². The molecular formula is C52H90N16O14S. The fraction of sp³-hybridized carbons (Fsp3) is 0.731. The summed E-state index contributed by atoms with van der Waals surface area (Å²) < 4.78 is 0. The molecule has 0 aromatic carbocycles. The van der Waals surface area contributed by atoms with E-state index < -0.39 is 163 Å². The first-order valence-corrected chi connectivity index (χ1v) is 29.4. The SMILES string of the molecule is CSCC[C@H](NC(=O)[C@H](CC(C)C)NC(=O)[C@H](CC(N)=O)NC(=O)[C@@H]1CCCN1)C(=O)N[C@@H](CCCN=C(N)N)C(=O)N[C@@H](CC(C)C)C(=O)N[C@@H](CC(C)C)C(=O)N[C@@H](CC(N)=O)C(=O)N[C@@H](CCC(=O)O)C(=O)N1CCC[C@H]1C(N)=O. The Morgan fingerprint density at radius 2 is 0.976 bits per heavy atom. The van der Waals surface area contributed by atoms with Gasteiger partial charge in [-0.1, -0.05) is 41.5 Å². The molecule has 2 saturated heterocycles. The minimum absolute atomic E-state index is 0.00876. The quantitative estimate of drug-likeness (QED) is 0.0158. The number of guanidine groups is 1. The van der Waals surface area contributed by atoms with E-state index in [9.17, 15) is 67.4 Å². The minimum atomic E-state index is -1.75. The molecule has 0 aliphatic carbocycles. The van der Waals surface area contributed by atoms with Gasteiger partial charge in [0.05, 0.1) is 18.9 Å². The zero-order valence-electron chi connectivity index (χ0n) is 48.7. The largest absolute Gasteiger partial charge is 0.481 e. The van der Waals surface area contributed by atoms with Gasteiger partial charge in [-0.3, -0.25) is 67.3 Å². The molecule has 0 radical (unpaired) electrons. The van der Waals surface area contributed by atoms with Crippen LogP contribution in [0.1, 0.15) is 131 Å². The molecular weight excluding hydrogens is 1100 g/mol. The van der Waals surface area contributed by atoms with Gasteiger partial charge in [-0.2, -0.15) is 11.8 Å². The number of hydrogen-bond donors (Lipinski definition) is 15. The van der Waals surface area contributed by atoms with Gasteiger partial charge in [-0.15, -0.1) is 0 Å². The number of primary amides is 3. The summed E-state index contributed by atoms with van der Waals surface area (Å²) in [4.78, 5) is 179. The highest BCUT2D eigenvalue weighted by molar-refractivity contribution is 7.98. The minimum Gasteiger partial charge on any atom is -0.481 e. The topological polar surface area (TPSA) is 496 Å². The number of likely N-dealkylation sites (tertiary alicyclic amines) is 1. The zero-order chi connectivity index (χ0) is 62.7. The maximum absolute atomic E-state index is 14.4. The maximum atomic E-state index is 14.4. The summed E-state index contributed by atoms with van der Waals surface area (Å²) in [6, 6.07) is -13.1. The second-order valence-corrected chi connectivity index (χ2v) is 23.1. The van der Waals surface area contributed by atoms with Gasteiger partial charge in [0.15, 0.2) is 5.96 Å². The number of aliphatic carboxylic acids is 1. The van der Waals surface area contributed by atoms with Gasteiger partial charge in [0.1, 0.15) is 54.4 Å². The highest BCUT2D eigenvalue weighted by Gasteiger charge is 2.40. The highest BCUT2D eigenvalue weighted by Crippen LogP contribution is 2.20. The van der Waals surface area contributed by atoms with E-state index in [4.69, 9.17) is 28.7 Å². The van der Waals surface area contributed by atoms with Crippen molar-refractivity contribution in [2.75, 3.05) is 31.6 Å². The van der Waals surface area contributed by atoms with Crippen LogP contribution in [0.3, 0.4) is 0 Å². The van der Waals surface area contributed by atoms with E-state index in [1.54, 1.807) is 47.8 Å². The van der Waals surface area contributed by atoms with Gasteiger partial charge in [0, 0.05) is 19.5 Å². The third kappa shape index (κ3) is 26.7. The number of amides is 12. The molecule has 0 aromatic heterocycles. The van der Waals surface area contributed by atoms with Crippen molar-refractivity contribution in [1.82, 2.24) is 52.8 Å². The number of hydrogen-bond acceptors (Lipinski definition) is 16. The second-order valence-electron chi connectivity index (χ2n) is 22.1. The van der Waals surface area contributed by atoms with Crippen molar-refractivity contribution in [1.29, 1.82) is 0 Å². The number of nitrogens with zero attached hydrogens (tertiary/aromatic N) is 2. The van der Waals surface area contributed by atoms with Crippen molar-refractivity contribution in [3.63, 3.8) is 0 Å². The van der Waals surface area contributed by atoms with Gasteiger partial charge < -0.3 is 86.5 Å². The van der Waals surface area contributed by atoms with Crippen molar-refractivity contribution in [3.05, 3.63) is 0 Å². The first-order valence-electron chi connectivity index (χ1n) is 28.0. The second kappa shape index (κ2) is 36.3. The van der Waals surface area contributed by atoms with E-state index in [1.807, 2.05) is 0 Å². The van der Waals surface area contributed by atoms with E-state index in [0.29, 0.717) is 25.1 Å². The number of carbonyl (C=O) groups is 13. The van der Waals surface area contributed by atoms with E-state index >= 15 is 0 Å². The molecule has 2 aliphatic rings. The number of carboxylic acid groups (broad SMARTS) is 1. The molecule has 12 amide bonds. The average Bonchev–Trinajstić information content (AvgIpc) is 4.14. The number of thioether (sulfide) groups is 1. The molecule has 10 atom stereocenters. The van der Waals surface area contributed by atoms with Crippen molar-refractivity contribution >= 4 is 94.6 Å². The highest BCUT2D eigenvalue weighted by atomic mass is 32.2. The van der Waals surface area contributed by atoms with Crippen LogP contribution in [0.25, 0.3) is 0 Å². The molecule has 30 nitrogen and oxygen atoms in total. The number of carboxylic acids is 1. The van der Waals surface area contributed by atoms with Gasteiger partial charge in [0.2, 0.25) is 70.9 Å².